The molecule has 1 aliphatic carbocycles. The first-order chi connectivity index (χ1) is 29.5. The molecule has 0 aliphatic heterocycles. The first-order valence-electron chi connectivity index (χ1n) is 20.8. The lowest BCUT2D eigenvalue weighted by molar-refractivity contribution is 0.660. The Morgan fingerprint density at radius 1 is 0.383 bits per heavy atom. The van der Waals surface area contributed by atoms with Gasteiger partial charge in [0.1, 0.15) is 11.2 Å². The zero-order chi connectivity index (χ0) is 39.7. The highest BCUT2D eigenvalue weighted by atomic mass is 16.3. The molecule has 0 spiro atoms. The predicted octanol–water partition coefficient (Wildman–Crippen LogP) is 15.8. The van der Waals surface area contributed by atoms with Gasteiger partial charge >= 0.3 is 0 Å². The molecule has 9 aromatic carbocycles. The van der Waals surface area contributed by atoms with Gasteiger partial charge in [-0.1, -0.05) is 135 Å². The van der Waals surface area contributed by atoms with Crippen LogP contribution in [0.5, 0.6) is 0 Å². The molecule has 60 heavy (non-hydrogen) atoms. The second kappa shape index (κ2) is 12.2. The molecule has 0 bridgehead atoms. The summed E-state index contributed by atoms with van der Waals surface area (Å²) in [5, 5.41) is 7.48. The molecule has 3 heteroatoms. The van der Waals surface area contributed by atoms with E-state index in [1.165, 1.54) is 71.5 Å². The molecule has 3 nitrogen and oxygen atoms in total. The highest BCUT2D eigenvalue weighted by Crippen LogP contribution is 2.51. The van der Waals surface area contributed by atoms with Crippen LogP contribution in [0.1, 0.15) is 25.0 Å². The van der Waals surface area contributed by atoms with Crippen molar-refractivity contribution in [3.8, 4) is 33.4 Å². The van der Waals surface area contributed by atoms with E-state index in [1.54, 1.807) is 0 Å². The van der Waals surface area contributed by atoms with Crippen molar-refractivity contribution >= 4 is 77.1 Å². The Bertz CT molecular complexity index is 3680. The highest BCUT2D eigenvalue weighted by Gasteiger charge is 2.35. The lowest BCUT2D eigenvalue weighted by atomic mass is 9.82. The first kappa shape index (κ1) is 33.4. The summed E-state index contributed by atoms with van der Waals surface area (Å²) in [6.45, 7) is 4.70. The third-order valence-electron chi connectivity index (χ3n) is 13.3. The monoisotopic (exact) mass is 766 g/mol. The van der Waals surface area contributed by atoms with E-state index in [1.807, 2.05) is 12.1 Å². The van der Waals surface area contributed by atoms with Crippen LogP contribution >= 0.6 is 0 Å². The van der Waals surface area contributed by atoms with Crippen molar-refractivity contribution in [2.75, 3.05) is 4.90 Å². The summed E-state index contributed by atoms with van der Waals surface area (Å²) in [7, 11) is 0. The molecular formula is C57H38N2O. The van der Waals surface area contributed by atoms with Crippen LogP contribution in [0.3, 0.4) is 0 Å². The minimum Gasteiger partial charge on any atom is -0.456 e. The highest BCUT2D eigenvalue weighted by molar-refractivity contribution is 6.23. The molecule has 282 valence electrons. The quantitative estimate of drug-likeness (QED) is 0.174. The summed E-state index contributed by atoms with van der Waals surface area (Å²) in [6, 6.07) is 71.2. The number of furan rings is 1. The Morgan fingerprint density at radius 2 is 0.950 bits per heavy atom. The van der Waals surface area contributed by atoms with Gasteiger partial charge in [-0.05, 0) is 117 Å². The van der Waals surface area contributed by atoms with Crippen molar-refractivity contribution < 1.29 is 4.42 Å². The van der Waals surface area contributed by atoms with Gasteiger partial charge in [0.25, 0.3) is 0 Å². The van der Waals surface area contributed by atoms with Crippen LogP contribution in [0.15, 0.2) is 199 Å². The fourth-order valence-corrected chi connectivity index (χ4v) is 10.4. The molecular weight excluding hydrogens is 729 g/mol. The number of benzene rings is 9. The van der Waals surface area contributed by atoms with Crippen LogP contribution in [0.4, 0.5) is 17.1 Å². The van der Waals surface area contributed by atoms with Gasteiger partial charge in [0, 0.05) is 54.8 Å². The van der Waals surface area contributed by atoms with E-state index in [4.69, 9.17) is 4.42 Å². The van der Waals surface area contributed by atoms with Crippen molar-refractivity contribution in [3.05, 3.63) is 205 Å². The number of rotatable bonds is 5. The maximum absolute atomic E-state index is 6.26. The van der Waals surface area contributed by atoms with Gasteiger partial charge in [0.15, 0.2) is 0 Å². The Balaban J connectivity index is 0.911. The predicted molar refractivity (Wildman–Crippen MR) is 251 cm³/mol. The van der Waals surface area contributed by atoms with Crippen LogP contribution in [0.2, 0.25) is 0 Å². The largest absolute Gasteiger partial charge is 0.456 e. The molecule has 0 saturated heterocycles. The maximum Gasteiger partial charge on any atom is 0.136 e. The van der Waals surface area contributed by atoms with Gasteiger partial charge in [-0.2, -0.15) is 0 Å². The molecule has 0 unspecified atom stereocenters. The smallest absolute Gasteiger partial charge is 0.136 e. The van der Waals surface area contributed by atoms with E-state index in [9.17, 15) is 0 Å². The van der Waals surface area contributed by atoms with Crippen LogP contribution in [-0.4, -0.2) is 4.40 Å². The molecule has 0 amide bonds. The summed E-state index contributed by atoms with van der Waals surface area (Å²) < 4.78 is 8.71. The van der Waals surface area contributed by atoms with Gasteiger partial charge in [0.05, 0.1) is 16.6 Å². The van der Waals surface area contributed by atoms with Crippen molar-refractivity contribution in [1.29, 1.82) is 0 Å². The molecule has 3 aromatic heterocycles. The molecule has 0 radical (unpaired) electrons. The minimum atomic E-state index is -0.109. The van der Waals surface area contributed by atoms with Crippen molar-refractivity contribution in [1.82, 2.24) is 4.40 Å². The lowest BCUT2D eigenvalue weighted by Crippen LogP contribution is -2.16. The molecule has 1 aliphatic rings. The average molecular weight is 767 g/mol. The number of hydrogen-bond acceptors (Lipinski definition) is 2. The summed E-state index contributed by atoms with van der Waals surface area (Å²) in [5.74, 6) is 0. The van der Waals surface area contributed by atoms with Crippen molar-refractivity contribution in [2.24, 2.45) is 0 Å². The molecule has 0 atom stereocenters. The first-order valence-corrected chi connectivity index (χ1v) is 20.8. The minimum absolute atomic E-state index is 0.109. The third-order valence-corrected chi connectivity index (χ3v) is 13.3. The Labute approximate surface area is 347 Å². The maximum atomic E-state index is 6.26. The van der Waals surface area contributed by atoms with E-state index >= 15 is 0 Å². The Hall–Kier alpha value is -7.62. The molecule has 3 heterocycles. The summed E-state index contributed by atoms with van der Waals surface area (Å²) in [5.41, 5.74) is 18.9. The number of hydrogen-bond donors (Lipinski definition) is 0. The Morgan fingerprint density at radius 3 is 1.75 bits per heavy atom. The van der Waals surface area contributed by atoms with E-state index in [-0.39, 0.29) is 5.41 Å². The van der Waals surface area contributed by atoms with Gasteiger partial charge in [-0.15, -0.1) is 0 Å². The van der Waals surface area contributed by atoms with Crippen molar-refractivity contribution in [3.63, 3.8) is 0 Å². The lowest BCUT2D eigenvalue weighted by Gasteiger charge is -2.28. The Kier molecular flexibility index (Phi) is 6.78. The standard InChI is InChI=1S/C57H38N2O/c1-57(2)50-15-6-3-10-42(50)43-30-28-41(34-51(43)57)58(40-26-20-36(21-27-40)38-22-29-46-45-12-5-8-17-54(45)60-55(46)33-38)39-24-18-35(19-25-39)37-23-31-53-49(32-37)48-14-9-13-47-44-11-4-7-16-52(44)59(53)56(47)48/h3-34H,1-2H3. The second-order valence-electron chi connectivity index (χ2n) is 16.9. The van der Waals surface area contributed by atoms with Crippen LogP contribution < -0.4 is 4.90 Å². The molecule has 13 rings (SSSR count). The number of anilines is 3. The number of nitrogens with zero attached hydrogens (tertiary/aromatic N) is 2. The number of aromatic nitrogens is 1. The molecule has 0 N–H and O–H groups in total. The van der Waals surface area contributed by atoms with E-state index in [0.29, 0.717) is 0 Å². The molecule has 0 fully saturated rings. The van der Waals surface area contributed by atoms with Crippen molar-refractivity contribution in [2.45, 2.75) is 19.3 Å². The average Bonchev–Trinajstić information content (AvgIpc) is 4.01. The fourth-order valence-electron chi connectivity index (χ4n) is 10.4. The van der Waals surface area contributed by atoms with E-state index in [0.717, 1.165) is 50.1 Å². The summed E-state index contributed by atoms with van der Waals surface area (Å²) >= 11 is 0. The van der Waals surface area contributed by atoms with Gasteiger partial charge in [0.2, 0.25) is 0 Å². The van der Waals surface area contributed by atoms with E-state index in [2.05, 4.69) is 205 Å². The normalized spacial score (nSPS) is 13.3. The van der Waals surface area contributed by atoms with Crippen LogP contribution in [0, 0.1) is 0 Å². The van der Waals surface area contributed by atoms with Crippen LogP contribution in [-0.2, 0) is 5.41 Å². The zero-order valence-electron chi connectivity index (χ0n) is 33.3. The topological polar surface area (TPSA) is 20.8 Å². The number of para-hydroxylation sites is 3. The van der Waals surface area contributed by atoms with Gasteiger partial charge < -0.3 is 13.7 Å². The molecule has 12 aromatic rings. The second-order valence-corrected chi connectivity index (χ2v) is 16.9. The van der Waals surface area contributed by atoms with Crippen LogP contribution in [0.25, 0.3) is 93.4 Å². The zero-order valence-corrected chi connectivity index (χ0v) is 33.3. The van der Waals surface area contributed by atoms with E-state index < -0.39 is 0 Å². The number of fused-ring (bicyclic) bond motifs is 12. The third kappa shape index (κ3) is 4.66. The summed E-state index contributed by atoms with van der Waals surface area (Å²) in [6.07, 6.45) is 0. The fraction of sp³-hybridized carbons (Fsp3) is 0.0526. The SMILES string of the molecule is CC1(C)c2ccccc2-c2ccc(N(c3ccc(-c4ccc5c(c4)oc4ccccc45)cc3)c3ccc(-c4ccc5c(c4)c4cccc6c7ccccc7n5c64)cc3)cc21. The summed E-state index contributed by atoms with van der Waals surface area (Å²) in [4.78, 5) is 2.40. The van der Waals surface area contributed by atoms with Gasteiger partial charge in [-0.3, -0.25) is 0 Å². The molecule has 0 saturated carbocycles. The van der Waals surface area contributed by atoms with Gasteiger partial charge in [-0.25, -0.2) is 0 Å².